The molecule has 2 aliphatic carbocycles. The Kier molecular flexibility index (Phi) is 28.1. The zero-order valence-corrected chi connectivity index (χ0v) is 37.9. The second kappa shape index (κ2) is 31.3. The van der Waals surface area contributed by atoms with Crippen LogP contribution < -0.4 is 4.57 Å². The van der Waals surface area contributed by atoms with Crippen LogP contribution in [0.15, 0.2) is 60.5 Å². The first-order valence-corrected chi connectivity index (χ1v) is 24.1. The van der Waals surface area contributed by atoms with E-state index < -0.39 is 0 Å². The lowest BCUT2D eigenvalue weighted by Crippen LogP contribution is -2.39. The van der Waals surface area contributed by atoms with Gasteiger partial charge in [-0.05, 0) is 68.9 Å². The van der Waals surface area contributed by atoms with Crippen LogP contribution in [-0.2, 0) is 16.0 Å². The largest absolute Gasteiger partial charge is 0.373 e. The van der Waals surface area contributed by atoms with E-state index in [9.17, 15) is 0 Å². The molecule has 0 aliphatic heterocycles. The molecule has 0 saturated heterocycles. The van der Waals surface area contributed by atoms with Crippen molar-refractivity contribution in [2.75, 3.05) is 13.2 Å². The highest BCUT2D eigenvalue weighted by atomic mass is 16.5. The van der Waals surface area contributed by atoms with Crippen molar-refractivity contribution in [1.82, 2.24) is 0 Å². The number of ether oxygens (including phenoxy) is 2. The Bertz CT molecular complexity index is 1130. The first-order valence-electron chi connectivity index (χ1n) is 24.1. The van der Waals surface area contributed by atoms with Crippen LogP contribution in [0.5, 0.6) is 0 Å². The zero-order chi connectivity index (χ0) is 40.0. The predicted molar refractivity (Wildman–Crippen MR) is 241 cm³/mol. The monoisotopic (exact) mass is 763 g/mol. The van der Waals surface area contributed by atoms with E-state index in [4.69, 9.17) is 9.47 Å². The highest BCUT2D eigenvalue weighted by molar-refractivity contribution is 5.31. The predicted octanol–water partition coefficient (Wildman–Crippen LogP) is 15.8. The molecule has 1 fully saturated rings. The van der Waals surface area contributed by atoms with Crippen LogP contribution in [0.2, 0.25) is 0 Å². The van der Waals surface area contributed by atoms with Gasteiger partial charge in [-0.3, -0.25) is 0 Å². The quantitative estimate of drug-likeness (QED) is 0.0555. The SMILES string of the molecule is CCCCCCCCCCC.CCCCCCCCCC[n+]1cccc(C(C)OCC(COC(C)C2=CC=CC(CC)C=C2)(CC(C)CC)CC2CCC2)c1. The minimum absolute atomic E-state index is 0.0434. The molecule has 0 N–H and O–H groups in total. The summed E-state index contributed by atoms with van der Waals surface area (Å²) in [6, 6.07) is 4.45. The average molecular weight is 763 g/mol. The maximum Gasteiger partial charge on any atom is 0.174 e. The summed E-state index contributed by atoms with van der Waals surface area (Å²) in [5, 5.41) is 0. The fraction of sp³-hybridized carbons (Fsp3) is 0.788. The van der Waals surface area contributed by atoms with Gasteiger partial charge in [-0.15, -0.1) is 0 Å². The number of hydrogen-bond donors (Lipinski definition) is 0. The molecule has 0 bridgehead atoms. The lowest BCUT2D eigenvalue weighted by molar-refractivity contribution is -0.698. The van der Waals surface area contributed by atoms with Gasteiger partial charge in [0.15, 0.2) is 12.4 Å². The summed E-state index contributed by atoms with van der Waals surface area (Å²) in [6.07, 6.45) is 48.7. The van der Waals surface area contributed by atoms with Crippen molar-refractivity contribution in [3.05, 3.63) is 66.0 Å². The number of nitrogens with zero attached hydrogens (tertiary/aromatic N) is 1. The first kappa shape index (κ1) is 49.4. The Morgan fingerprint density at radius 2 is 1.27 bits per heavy atom. The molecule has 3 nitrogen and oxygen atoms in total. The Morgan fingerprint density at radius 1 is 0.709 bits per heavy atom. The van der Waals surface area contributed by atoms with E-state index in [1.165, 1.54) is 159 Å². The summed E-state index contributed by atoms with van der Waals surface area (Å²) in [4.78, 5) is 0. The molecular weight excluding hydrogens is 671 g/mol. The molecule has 2 aliphatic rings. The third-order valence-electron chi connectivity index (χ3n) is 12.7. The lowest BCUT2D eigenvalue weighted by Gasteiger charge is -2.42. The maximum absolute atomic E-state index is 6.85. The molecule has 1 saturated carbocycles. The van der Waals surface area contributed by atoms with Crippen molar-refractivity contribution in [2.45, 2.75) is 228 Å². The fourth-order valence-electron chi connectivity index (χ4n) is 8.29. The molecule has 0 radical (unpaired) electrons. The van der Waals surface area contributed by atoms with E-state index in [2.05, 4.69) is 115 Å². The van der Waals surface area contributed by atoms with Crippen molar-refractivity contribution in [2.24, 2.45) is 23.2 Å². The van der Waals surface area contributed by atoms with Crippen LogP contribution in [0, 0.1) is 23.2 Å². The Hall–Kier alpha value is -1.71. The van der Waals surface area contributed by atoms with Gasteiger partial charge >= 0.3 is 0 Å². The van der Waals surface area contributed by atoms with E-state index in [0.29, 0.717) is 11.8 Å². The van der Waals surface area contributed by atoms with Gasteiger partial charge < -0.3 is 9.47 Å². The molecule has 0 spiro atoms. The Labute approximate surface area is 343 Å². The van der Waals surface area contributed by atoms with E-state index >= 15 is 0 Å². The molecule has 0 aromatic carbocycles. The molecule has 1 aromatic heterocycles. The number of unbranched alkanes of at least 4 members (excludes halogenated alkanes) is 15. The summed E-state index contributed by atoms with van der Waals surface area (Å²) in [6.45, 7) is 20.9. The molecule has 1 heterocycles. The molecule has 316 valence electrons. The third-order valence-corrected chi connectivity index (χ3v) is 12.7. The number of pyridine rings is 1. The van der Waals surface area contributed by atoms with Crippen LogP contribution in [0.1, 0.15) is 221 Å². The van der Waals surface area contributed by atoms with Gasteiger partial charge in [-0.1, -0.05) is 194 Å². The van der Waals surface area contributed by atoms with Gasteiger partial charge in [0.2, 0.25) is 0 Å². The molecule has 55 heavy (non-hydrogen) atoms. The summed E-state index contributed by atoms with van der Waals surface area (Å²) in [5.74, 6) is 1.99. The van der Waals surface area contributed by atoms with Crippen LogP contribution >= 0.6 is 0 Å². The normalized spacial score (nSPS) is 18.4. The van der Waals surface area contributed by atoms with Gasteiger partial charge in [-0.25, -0.2) is 4.57 Å². The van der Waals surface area contributed by atoms with Crippen molar-refractivity contribution in [1.29, 1.82) is 0 Å². The third kappa shape index (κ3) is 22.1. The summed E-state index contributed by atoms with van der Waals surface area (Å²) >= 11 is 0. The van der Waals surface area contributed by atoms with Crippen molar-refractivity contribution in [3.63, 3.8) is 0 Å². The first-order chi connectivity index (χ1) is 26.8. The number of allylic oxidation sites excluding steroid dienone is 4. The summed E-state index contributed by atoms with van der Waals surface area (Å²) < 4.78 is 16.0. The van der Waals surface area contributed by atoms with Crippen LogP contribution in [0.3, 0.4) is 0 Å². The Balaban J connectivity index is 0.000000823. The molecule has 1 aromatic rings. The minimum atomic E-state index is 0.0434. The molecule has 0 amide bonds. The topological polar surface area (TPSA) is 22.3 Å². The molecule has 3 rings (SSSR count). The van der Waals surface area contributed by atoms with Gasteiger partial charge in [-0.2, -0.15) is 0 Å². The molecule has 5 unspecified atom stereocenters. The second-order valence-corrected chi connectivity index (χ2v) is 17.9. The van der Waals surface area contributed by atoms with Crippen molar-refractivity contribution in [3.8, 4) is 0 Å². The average Bonchev–Trinajstić information content (AvgIpc) is 3.44. The van der Waals surface area contributed by atoms with Crippen molar-refractivity contribution < 1.29 is 14.0 Å². The van der Waals surface area contributed by atoms with E-state index in [1.807, 2.05) is 0 Å². The summed E-state index contributed by atoms with van der Waals surface area (Å²) in [5.41, 5.74) is 2.60. The van der Waals surface area contributed by atoms with Gasteiger partial charge in [0.1, 0.15) is 6.54 Å². The number of rotatable bonds is 31. The van der Waals surface area contributed by atoms with E-state index in [-0.39, 0.29) is 17.6 Å². The zero-order valence-electron chi connectivity index (χ0n) is 37.9. The number of aryl methyl sites for hydroxylation is 1. The smallest absolute Gasteiger partial charge is 0.174 e. The van der Waals surface area contributed by atoms with Gasteiger partial charge in [0.05, 0.1) is 25.4 Å². The van der Waals surface area contributed by atoms with Crippen molar-refractivity contribution >= 4 is 0 Å². The standard InChI is InChI=1S/C41H68NO2.C11H24/c1-7-10-11-12-13-14-15-16-27-42-28-19-24-40(31-42)36(6)44-33-41(29-34(4)8-2,30-38-21-17-22-38)32-43-35(5)39-23-18-20-37(9-3)25-26-39;1-3-5-7-9-11-10-8-6-4-2/h18-20,23-26,28,31,34-38H,7-17,21-22,27,29-30,32-33H2,1-6H3;3-11H2,1-2H3/q+1;. The van der Waals surface area contributed by atoms with E-state index in [1.54, 1.807) is 0 Å². The lowest BCUT2D eigenvalue weighted by atomic mass is 9.68. The molecule has 5 atom stereocenters. The van der Waals surface area contributed by atoms with Gasteiger partial charge in [0.25, 0.3) is 0 Å². The molecule has 3 heteroatoms. The highest BCUT2D eigenvalue weighted by Gasteiger charge is 2.38. The molecular formula is C52H92NO2+. The van der Waals surface area contributed by atoms with Crippen LogP contribution in [0.25, 0.3) is 0 Å². The highest BCUT2D eigenvalue weighted by Crippen LogP contribution is 2.43. The van der Waals surface area contributed by atoms with Gasteiger partial charge in [0, 0.05) is 23.5 Å². The second-order valence-electron chi connectivity index (χ2n) is 17.9. The van der Waals surface area contributed by atoms with Crippen LogP contribution in [-0.4, -0.2) is 19.3 Å². The number of aromatic nitrogens is 1. The maximum atomic E-state index is 6.85. The van der Waals surface area contributed by atoms with E-state index in [0.717, 1.165) is 32.1 Å². The summed E-state index contributed by atoms with van der Waals surface area (Å²) in [7, 11) is 0. The van der Waals surface area contributed by atoms with Crippen LogP contribution in [0.4, 0.5) is 0 Å². The Morgan fingerprint density at radius 3 is 1.80 bits per heavy atom. The fourth-order valence-corrected chi connectivity index (χ4v) is 8.29. The minimum Gasteiger partial charge on any atom is -0.373 e. The number of hydrogen-bond acceptors (Lipinski definition) is 2.